The van der Waals surface area contributed by atoms with Gasteiger partial charge in [-0.2, -0.15) is 0 Å². The Morgan fingerprint density at radius 3 is 2.60 bits per heavy atom. The van der Waals surface area contributed by atoms with Gasteiger partial charge in [0.05, 0.1) is 18.9 Å². The summed E-state index contributed by atoms with van der Waals surface area (Å²) in [5, 5.41) is 0. The van der Waals surface area contributed by atoms with Gasteiger partial charge in [0.2, 0.25) is 10.0 Å². The lowest BCUT2D eigenvalue weighted by molar-refractivity contribution is 0.315. The smallest absolute Gasteiger partial charge is 0.299 e. The van der Waals surface area contributed by atoms with Crippen LogP contribution >= 0.6 is 0 Å². The minimum atomic E-state index is -3.34. The molecule has 0 rings (SSSR count). The Balaban J connectivity index is 4.64. The highest BCUT2D eigenvalue weighted by atomic mass is 32.2. The van der Waals surface area contributed by atoms with Crippen LogP contribution in [0.5, 0.6) is 0 Å². The summed E-state index contributed by atoms with van der Waals surface area (Å²) >= 11 is 0. The Labute approximate surface area is 91.3 Å². The first-order valence-electron chi connectivity index (χ1n) is 4.70. The predicted molar refractivity (Wildman–Crippen MR) is 61.3 cm³/mol. The maximum Gasteiger partial charge on any atom is 0.299 e. The number of hydrogen-bond acceptors (Lipinski definition) is 4. The third-order valence-electron chi connectivity index (χ3n) is 1.35. The van der Waals surface area contributed by atoms with E-state index in [-0.39, 0.29) is 12.1 Å². The van der Waals surface area contributed by atoms with E-state index in [0.29, 0.717) is 6.61 Å². The molecule has 1 N–H and O–H groups in total. The van der Waals surface area contributed by atoms with Crippen molar-refractivity contribution in [2.24, 2.45) is 4.99 Å². The maximum absolute atomic E-state index is 11.0. The lowest BCUT2D eigenvalue weighted by Crippen LogP contribution is -2.32. The van der Waals surface area contributed by atoms with Crippen LogP contribution in [-0.4, -0.2) is 33.3 Å². The number of rotatable bonds is 4. The second-order valence-electron chi connectivity index (χ2n) is 3.01. The minimum absolute atomic E-state index is 0.0330. The van der Waals surface area contributed by atoms with Crippen LogP contribution in [0.2, 0.25) is 0 Å². The molecule has 0 radical (unpaired) electrons. The number of nitrogens with zero attached hydrogens (tertiary/aromatic N) is 1. The highest BCUT2D eigenvalue weighted by Crippen LogP contribution is 1.94. The molecular weight excluding hydrogens is 216 g/mol. The highest BCUT2D eigenvalue weighted by molar-refractivity contribution is 7.89. The molecule has 0 aromatic rings. The maximum atomic E-state index is 11.0. The molecule has 0 saturated carbocycles. The molecule has 0 spiro atoms. The van der Waals surface area contributed by atoms with Crippen molar-refractivity contribution >= 4 is 16.0 Å². The quantitative estimate of drug-likeness (QED) is 0.446. The molecule has 0 aliphatic heterocycles. The SMILES string of the molecule is C/C=C/C(C)N=C(NS(C)(=O)=O)OCC. The zero-order valence-corrected chi connectivity index (χ0v) is 10.3. The van der Waals surface area contributed by atoms with Crippen LogP contribution in [0.15, 0.2) is 17.1 Å². The van der Waals surface area contributed by atoms with Gasteiger partial charge in [0, 0.05) is 0 Å². The third-order valence-corrected chi connectivity index (χ3v) is 1.89. The van der Waals surface area contributed by atoms with Crippen molar-refractivity contribution in [2.75, 3.05) is 12.9 Å². The van der Waals surface area contributed by atoms with E-state index >= 15 is 0 Å². The average molecular weight is 234 g/mol. The van der Waals surface area contributed by atoms with Crippen molar-refractivity contribution in [3.05, 3.63) is 12.2 Å². The summed E-state index contributed by atoms with van der Waals surface area (Å²) < 4.78 is 29.2. The Kier molecular flexibility index (Phi) is 6.00. The van der Waals surface area contributed by atoms with E-state index in [1.54, 1.807) is 6.92 Å². The molecule has 15 heavy (non-hydrogen) atoms. The fraction of sp³-hybridized carbons (Fsp3) is 0.667. The van der Waals surface area contributed by atoms with Crippen LogP contribution in [0.4, 0.5) is 0 Å². The number of sulfonamides is 1. The van der Waals surface area contributed by atoms with Gasteiger partial charge in [0.25, 0.3) is 6.02 Å². The van der Waals surface area contributed by atoms with Crippen LogP contribution in [0, 0.1) is 0 Å². The standard InChI is InChI=1S/C9H18N2O3S/c1-5-7-8(3)10-9(14-6-2)11-15(4,12)13/h5,7-8H,6H2,1-4H3,(H,10,11)/b7-5+. The van der Waals surface area contributed by atoms with Crippen LogP contribution in [0.25, 0.3) is 0 Å². The van der Waals surface area contributed by atoms with Gasteiger partial charge < -0.3 is 4.74 Å². The van der Waals surface area contributed by atoms with Crippen LogP contribution in [0.3, 0.4) is 0 Å². The van der Waals surface area contributed by atoms with E-state index < -0.39 is 10.0 Å². The van der Waals surface area contributed by atoms with Crippen molar-refractivity contribution in [3.63, 3.8) is 0 Å². The lowest BCUT2D eigenvalue weighted by Gasteiger charge is -2.09. The first-order chi connectivity index (χ1) is 6.89. The van der Waals surface area contributed by atoms with Gasteiger partial charge in [-0.25, -0.2) is 18.1 Å². The topological polar surface area (TPSA) is 67.8 Å². The Bertz CT molecular complexity index is 333. The summed E-state index contributed by atoms with van der Waals surface area (Å²) in [6, 6.07) is -0.0867. The van der Waals surface area contributed by atoms with Crippen molar-refractivity contribution in [1.29, 1.82) is 0 Å². The highest BCUT2D eigenvalue weighted by Gasteiger charge is 2.08. The van der Waals surface area contributed by atoms with Crippen LogP contribution in [-0.2, 0) is 14.8 Å². The normalized spacial score (nSPS) is 15.3. The monoisotopic (exact) mass is 234 g/mol. The molecule has 0 bridgehead atoms. The number of nitrogens with one attached hydrogen (secondary N) is 1. The van der Waals surface area contributed by atoms with Crippen LogP contribution in [0.1, 0.15) is 20.8 Å². The summed E-state index contributed by atoms with van der Waals surface area (Å²) in [6.07, 6.45) is 4.74. The Morgan fingerprint density at radius 1 is 1.60 bits per heavy atom. The second kappa shape index (κ2) is 6.44. The number of aliphatic imine (C=N–C) groups is 1. The lowest BCUT2D eigenvalue weighted by atomic mass is 10.3. The molecule has 88 valence electrons. The van der Waals surface area contributed by atoms with Crippen molar-refractivity contribution in [2.45, 2.75) is 26.8 Å². The summed E-state index contributed by atoms with van der Waals surface area (Å²) in [5.41, 5.74) is 0. The van der Waals surface area contributed by atoms with Gasteiger partial charge in [0.15, 0.2) is 0 Å². The van der Waals surface area contributed by atoms with E-state index in [1.807, 2.05) is 26.0 Å². The van der Waals surface area contributed by atoms with Gasteiger partial charge in [-0.3, -0.25) is 0 Å². The minimum Gasteiger partial charge on any atom is -0.465 e. The largest absolute Gasteiger partial charge is 0.465 e. The molecule has 0 aromatic heterocycles. The Morgan fingerprint density at radius 2 is 2.20 bits per heavy atom. The zero-order valence-electron chi connectivity index (χ0n) is 9.52. The summed E-state index contributed by atoms with van der Waals surface area (Å²) in [4.78, 5) is 4.06. The van der Waals surface area contributed by atoms with Gasteiger partial charge in [-0.15, -0.1) is 0 Å². The molecule has 0 saturated heterocycles. The van der Waals surface area contributed by atoms with Crippen molar-refractivity contribution < 1.29 is 13.2 Å². The number of hydrogen-bond donors (Lipinski definition) is 1. The zero-order chi connectivity index (χ0) is 11.9. The second-order valence-corrected chi connectivity index (χ2v) is 4.76. The average Bonchev–Trinajstić information content (AvgIpc) is 2.01. The molecule has 0 aromatic carbocycles. The first kappa shape index (κ1) is 14.0. The van der Waals surface area contributed by atoms with Crippen molar-refractivity contribution in [1.82, 2.24) is 4.72 Å². The van der Waals surface area contributed by atoms with E-state index in [9.17, 15) is 8.42 Å². The first-order valence-corrected chi connectivity index (χ1v) is 6.59. The number of amidine groups is 1. The molecule has 1 unspecified atom stereocenters. The fourth-order valence-corrected chi connectivity index (χ4v) is 1.32. The van der Waals surface area contributed by atoms with Gasteiger partial charge in [-0.05, 0) is 20.8 Å². The van der Waals surface area contributed by atoms with E-state index in [2.05, 4.69) is 9.71 Å². The van der Waals surface area contributed by atoms with E-state index in [1.165, 1.54) is 0 Å². The molecule has 5 nitrogen and oxygen atoms in total. The number of allylic oxidation sites excluding steroid dienone is 1. The predicted octanol–water partition coefficient (Wildman–Crippen LogP) is 0.893. The van der Waals surface area contributed by atoms with Gasteiger partial charge in [-0.1, -0.05) is 12.2 Å². The molecule has 1 atom stereocenters. The molecule has 0 heterocycles. The molecule has 0 aliphatic carbocycles. The summed E-state index contributed by atoms with van der Waals surface area (Å²) in [7, 11) is -3.34. The van der Waals surface area contributed by atoms with Gasteiger partial charge in [0.1, 0.15) is 0 Å². The summed E-state index contributed by atoms with van der Waals surface area (Å²) in [5.74, 6) is 0. The van der Waals surface area contributed by atoms with Crippen LogP contribution < -0.4 is 4.72 Å². The molecule has 0 aliphatic rings. The Hall–Kier alpha value is -1.04. The number of ether oxygens (including phenoxy) is 1. The third kappa shape index (κ3) is 7.99. The van der Waals surface area contributed by atoms with E-state index in [4.69, 9.17) is 4.74 Å². The van der Waals surface area contributed by atoms with Crippen molar-refractivity contribution in [3.8, 4) is 0 Å². The van der Waals surface area contributed by atoms with Gasteiger partial charge >= 0.3 is 0 Å². The fourth-order valence-electron chi connectivity index (χ4n) is 0.895. The van der Waals surface area contributed by atoms with E-state index in [0.717, 1.165) is 6.26 Å². The molecule has 0 amide bonds. The molecule has 0 fully saturated rings. The molecular formula is C9H18N2O3S. The molecule has 6 heteroatoms. The summed E-state index contributed by atoms with van der Waals surface area (Å²) in [6.45, 7) is 5.84.